The molecule has 0 aliphatic heterocycles. The average Bonchev–Trinajstić information content (AvgIpc) is 2.45. The molecule has 0 fully saturated rings. The SMILES string of the molecule is CCCN(NC(C)c1cccc(F)c1)C(C)C(=O)OC. The largest absolute Gasteiger partial charge is 0.468 e. The zero-order chi connectivity index (χ0) is 15.1. The molecule has 20 heavy (non-hydrogen) atoms. The van der Waals surface area contributed by atoms with E-state index in [9.17, 15) is 9.18 Å². The molecule has 4 nitrogen and oxygen atoms in total. The molecule has 0 aliphatic carbocycles. The predicted molar refractivity (Wildman–Crippen MR) is 76.4 cm³/mol. The van der Waals surface area contributed by atoms with Crippen molar-refractivity contribution in [1.82, 2.24) is 10.4 Å². The van der Waals surface area contributed by atoms with Crippen molar-refractivity contribution in [3.8, 4) is 0 Å². The van der Waals surface area contributed by atoms with E-state index in [-0.39, 0.29) is 17.8 Å². The topological polar surface area (TPSA) is 41.6 Å². The Morgan fingerprint density at radius 3 is 2.70 bits per heavy atom. The van der Waals surface area contributed by atoms with E-state index in [0.717, 1.165) is 12.0 Å². The van der Waals surface area contributed by atoms with Crippen LogP contribution in [0.3, 0.4) is 0 Å². The van der Waals surface area contributed by atoms with Crippen molar-refractivity contribution < 1.29 is 13.9 Å². The lowest BCUT2D eigenvalue weighted by molar-refractivity contribution is -0.148. The molecule has 1 rings (SSSR count). The van der Waals surface area contributed by atoms with E-state index in [1.54, 1.807) is 13.0 Å². The van der Waals surface area contributed by atoms with Crippen LogP contribution in [-0.4, -0.2) is 30.7 Å². The number of carbonyl (C=O) groups is 1. The molecular weight excluding hydrogens is 259 g/mol. The van der Waals surface area contributed by atoms with Crippen molar-refractivity contribution in [1.29, 1.82) is 0 Å². The number of hydrogen-bond donors (Lipinski definition) is 1. The Bertz CT molecular complexity index is 440. The number of benzene rings is 1. The van der Waals surface area contributed by atoms with E-state index >= 15 is 0 Å². The number of rotatable bonds is 7. The van der Waals surface area contributed by atoms with Crippen molar-refractivity contribution in [2.75, 3.05) is 13.7 Å². The summed E-state index contributed by atoms with van der Waals surface area (Å²) in [5.41, 5.74) is 4.08. The standard InChI is InChI=1S/C15H23FN2O2/c1-5-9-18(12(3)15(19)20-4)17-11(2)13-7-6-8-14(16)10-13/h6-8,10-12,17H,5,9H2,1-4H3. The summed E-state index contributed by atoms with van der Waals surface area (Å²) in [6, 6.07) is 5.95. The second-order valence-corrected chi connectivity index (χ2v) is 4.80. The average molecular weight is 282 g/mol. The fraction of sp³-hybridized carbons (Fsp3) is 0.533. The van der Waals surface area contributed by atoms with Crippen LogP contribution in [0, 0.1) is 5.82 Å². The third kappa shape index (κ3) is 4.58. The maximum Gasteiger partial charge on any atom is 0.324 e. The smallest absolute Gasteiger partial charge is 0.324 e. The van der Waals surface area contributed by atoms with Gasteiger partial charge >= 0.3 is 5.97 Å². The number of carbonyl (C=O) groups excluding carboxylic acids is 1. The van der Waals surface area contributed by atoms with E-state index in [1.807, 2.05) is 24.9 Å². The van der Waals surface area contributed by atoms with Crippen LogP contribution in [-0.2, 0) is 9.53 Å². The lowest BCUT2D eigenvalue weighted by Gasteiger charge is -2.30. The van der Waals surface area contributed by atoms with Gasteiger partial charge in [0.1, 0.15) is 11.9 Å². The van der Waals surface area contributed by atoms with Crippen molar-refractivity contribution in [3.63, 3.8) is 0 Å². The monoisotopic (exact) mass is 282 g/mol. The van der Waals surface area contributed by atoms with Crippen LogP contribution in [0.25, 0.3) is 0 Å². The summed E-state index contributed by atoms with van der Waals surface area (Å²) >= 11 is 0. The molecular formula is C15H23FN2O2. The highest BCUT2D eigenvalue weighted by Crippen LogP contribution is 2.15. The van der Waals surface area contributed by atoms with Gasteiger partial charge in [-0.15, -0.1) is 0 Å². The number of hydrazine groups is 1. The molecule has 1 N–H and O–H groups in total. The van der Waals surface area contributed by atoms with E-state index in [0.29, 0.717) is 6.54 Å². The quantitative estimate of drug-likeness (QED) is 0.616. The zero-order valence-electron chi connectivity index (χ0n) is 12.5. The Morgan fingerprint density at radius 2 is 2.15 bits per heavy atom. The van der Waals surface area contributed by atoms with Gasteiger partial charge in [-0.25, -0.2) is 14.8 Å². The zero-order valence-corrected chi connectivity index (χ0v) is 12.5. The molecule has 1 aromatic carbocycles. The van der Waals surface area contributed by atoms with Gasteiger partial charge in [-0.2, -0.15) is 0 Å². The van der Waals surface area contributed by atoms with Gasteiger partial charge in [0.25, 0.3) is 0 Å². The van der Waals surface area contributed by atoms with Gasteiger partial charge < -0.3 is 4.74 Å². The van der Waals surface area contributed by atoms with Crippen LogP contribution in [0.1, 0.15) is 38.8 Å². The summed E-state index contributed by atoms with van der Waals surface area (Å²) in [5, 5.41) is 1.83. The van der Waals surface area contributed by atoms with Crippen LogP contribution in [0.4, 0.5) is 4.39 Å². The maximum atomic E-state index is 13.2. The van der Waals surface area contributed by atoms with Crippen molar-refractivity contribution in [2.24, 2.45) is 0 Å². The molecule has 0 saturated heterocycles. The van der Waals surface area contributed by atoms with Gasteiger partial charge in [0.2, 0.25) is 0 Å². The normalized spacial score (nSPS) is 14.1. The molecule has 112 valence electrons. The molecule has 5 heteroatoms. The minimum Gasteiger partial charge on any atom is -0.468 e. The second-order valence-electron chi connectivity index (χ2n) is 4.80. The van der Waals surface area contributed by atoms with Crippen molar-refractivity contribution >= 4 is 5.97 Å². The predicted octanol–water partition coefficient (Wildman–Crippen LogP) is 2.66. The minimum absolute atomic E-state index is 0.0932. The molecule has 1 aromatic rings. The molecule has 0 heterocycles. The fourth-order valence-electron chi connectivity index (χ4n) is 2.01. The van der Waals surface area contributed by atoms with Gasteiger partial charge in [0.05, 0.1) is 7.11 Å². The summed E-state index contributed by atoms with van der Waals surface area (Å²) in [5.74, 6) is -0.559. The lowest BCUT2D eigenvalue weighted by Crippen LogP contribution is -2.49. The number of nitrogens with zero attached hydrogens (tertiary/aromatic N) is 1. The number of esters is 1. The van der Waals surface area contributed by atoms with Crippen LogP contribution in [0.2, 0.25) is 0 Å². The number of halogens is 1. The minimum atomic E-state index is -0.393. The Morgan fingerprint density at radius 1 is 1.45 bits per heavy atom. The second kappa shape index (κ2) is 7.97. The van der Waals surface area contributed by atoms with Gasteiger partial charge in [0, 0.05) is 12.6 Å². The van der Waals surface area contributed by atoms with E-state index in [1.165, 1.54) is 19.2 Å². The molecule has 2 unspecified atom stereocenters. The van der Waals surface area contributed by atoms with Gasteiger partial charge in [-0.05, 0) is 38.0 Å². The van der Waals surface area contributed by atoms with E-state index < -0.39 is 6.04 Å². The van der Waals surface area contributed by atoms with Gasteiger partial charge in [-0.3, -0.25) is 4.79 Å². The first-order valence-electron chi connectivity index (χ1n) is 6.85. The van der Waals surface area contributed by atoms with Crippen LogP contribution >= 0.6 is 0 Å². The first kappa shape index (κ1) is 16.6. The number of hydrogen-bond acceptors (Lipinski definition) is 4. The highest BCUT2D eigenvalue weighted by atomic mass is 19.1. The summed E-state index contributed by atoms with van der Waals surface area (Å²) in [6.07, 6.45) is 0.893. The summed E-state index contributed by atoms with van der Waals surface area (Å²) in [6.45, 7) is 6.45. The molecule has 0 spiro atoms. The molecule has 0 amide bonds. The van der Waals surface area contributed by atoms with E-state index in [2.05, 4.69) is 5.43 Å². The highest BCUT2D eigenvalue weighted by molar-refractivity contribution is 5.75. The number of methoxy groups -OCH3 is 1. The highest BCUT2D eigenvalue weighted by Gasteiger charge is 2.23. The number of nitrogens with one attached hydrogen (secondary N) is 1. The van der Waals surface area contributed by atoms with Gasteiger partial charge in [0.15, 0.2) is 0 Å². The third-order valence-corrected chi connectivity index (χ3v) is 3.18. The summed E-state index contributed by atoms with van der Waals surface area (Å²) < 4.78 is 18.0. The summed E-state index contributed by atoms with van der Waals surface area (Å²) in [7, 11) is 1.37. The fourth-order valence-corrected chi connectivity index (χ4v) is 2.01. The Balaban J connectivity index is 2.76. The first-order chi connectivity index (χ1) is 9.49. The Hall–Kier alpha value is -1.46. The molecule has 0 saturated carbocycles. The molecule has 0 radical (unpaired) electrons. The lowest BCUT2D eigenvalue weighted by atomic mass is 10.1. The molecule has 0 aromatic heterocycles. The number of ether oxygens (including phenoxy) is 1. The van der Waals surface area contributed by atoms with Crippen LogP contribution in [0.15, 0.2) is 24.3 Å². The van der Waals surface area contributed by atoms with Crippen LogP contribution < -0.4 is 5.43 Å². The Labute approximate surface area is 119 Å². The van der Waals surface area contributed by atoms with Crippen molar-refractivity contribution in [3.05, 3.63) is 35.6 Å². The molecule has 0 aliphatic rings. The van der Waals surface area contributed by atoms with E-state index in [4.69, 9.17) is 4.74 Å². The molecule has 2 atom stereocenters. The van der Waals surface area contributed by atoms with Crippen molar-refractivity contribution in [2.45, 2.75) is 39.3 Å². The third-order valence-electron chi connectivity index (χ3n) is 3.18. The van der Waals surface area contributed by atoms with Gasteiger partial charge in [-0.1, -0.05) is 19.1 Å². The summed E-state index contributed by atoms with van der Waals surface area (Å²) in [4.78, 5) is 11.6. The van der Waals surface area contributed by atoms with Crippen LogP contribution in [0.5, 0.6) is 0 Å². The maximum absolute atomic E-state index is 13.2. The Kier molecular flexibility index (Phi) is 6.61. The first-order valence-corrected chi connectivity index (χ1v) is 6.85. The molecule has 0 bridgehead atoms.